The molecule has 2 aromatic carbocycles. The normalized spacial score (nSPS) is 18.2. The molecule has 1 fully saturated rings. The van der Waals surface area contributed by atoms with Gasteiger partial charge in [-0.15, -0.1) is 0 Å². The number of rotatable bonds is 6. The summed E-state index contributed by atoms with van der Waals surface area (Å²) in [6.45, 7) is 4.47. The molecule has 0 aliphatic carbocycles. The number of aliphatic hydroxyl groups excluding tert-OH is 1. The molecular weight excluding hydrogens is 292 g/mol. The Labute approximate surface area is 137 Å². The van der Waals surface area contributed by atoms with Crippen molar-refractivity contribution in [1.82, 2.24) is 9.96 Å². The fourth-order valence-electron chi connectivity index (χ4n) is 2.95. The molecule has 0 amide bonds. The molecule has 23 heavy (non-hydrogen) atoms. The van der Waals surface area contributed by atoms with Gasteiger partial charge in [0.25, 0.3) is 0 Å². The summed E-state index contributed by atoms with van der Waals surface area (Å²) < 4.78 is 5.85. The molecule has 3 rings (SSSR count). The Balaban J connectivity index is 1.51. The lowest BCUT2D eigenvalue weighted by Crippen LogP contribution is -2.48. The monoisotopic (exact) mass is 316 g/mol. The van der Waals surface area contributed by atoms with Crippen LogP contribution in [-0.4, -0.2) is 67.6 Å². The van der Waals surface area contributed by atoms with Crippen molar-refractivity contribution in [1.29, 1.82) is 0 Å². The van der Waals surface area contributed by atoms with Gasteiger partial charge in [0.1, 0.15) is 18.5 Å². The van der Waals surface area contributed by atoms with Crippen molar-refractivity contribution in [2.24, 2.45) is 0 Å². The molecule has 124 valence electrons. The molecule has 0 bridgehead atoms. The number of nitrogens with zero attached hydrogens (tertiary/aromatic N) is 2. The van der Waals surface area contributed by atoms with Gasteiger partial charge in [0.15, 0.2) is 0 Å². The highest BCUT2D eigenvalue weighted by Crippen LogP contribution is 2.25. The summed E-state index contributed by atoms with van der Waals surface area (Å²) in [6.07, 6.45) is -0.497. The van der Waals surface area contributed by atoms with E-state index in [1.54, 1.807) is 7.11 Å². The molecular formula is C18H24N2O3. The van der Waals surface area contributed by atoms with Crippen molar-refractivity contribution in [2.75, 3.05) is 46.4 Å². The molecule has 1 saturated heterocycles. The molecule has 5 nitrogen and oxygen atoms in total. The fraction of sp³-hybridized carbons (Fsp3) is 0.444. The summed E-state index contributed by atoms with van der Waals surface area (Å²) in [4.78, 5) is 7.45. The Morgan fingerprint density at radius 3 is 2.57 bits per heavy atom. The Morgan fingerprint density at radius 2 is 1.78 bits per heavy atom. The van der Waals surface area contributed by atoms with Gasteiger partial charge in [0.05, 0.1) is 7.11 Å². The molecule has 0 radical (unpaired) electrons. The highest BCUT2D eigenvalue weighted by Gasteiger charge is 2.19. The van der Waals surface area contributed by atoms with Crippen LogP contribution in [0.3, 0.4) is 0 Å². The zero-order valence-corrected chi connectivity index (χ0v) is 13.5. The quantitative estimate of drug-likeness (QED) is 0.880. The molecule has 0 spiro atoms. The first-order valence-electron chi connectivity index (χ1n) is 8.06. The van der Waals surface area contributed by atoms with Crippen molar-refractivity contribution >= 4 is 10.8 Å². The summed E-state index contributed by atoms with van der Waals surface area (Å²) in [5, 5.41) is 14.4. The number of β-amino-alcohol motifs (C(OH)–C–C–N with tert-alkyl or cyclic N) is 1. The standard InChI is InChI=1S/C18H24N2O3/c1-22-20-11-9-19(10-12-20)13-16(21)14-23-18-8-4-6-15-5-2-3-7-17(15)18/h2-8,16,21H,9-14H2,1H3. The number of ether oxygens (including phenoxy) is 1. The molecule has 0 saturated carbocycles. The Hall–Kier alpha value is -1.66. The van der Waals surface area contributed by atoms with Crippen LogP contribution < -0.4 is 4.74 Å². The average molecular weight is 316 g/mol. The molecule has 1 aliphatic rings. The first-order valence-corrected chi connectivity index (χ1v) is 8.06. The summed E-state index contributed by atoms with van der Waals surface area (Å²) in [5.41, 5.74) is 0. The minimum atomic E-state index is -0.497. The number of fused-ring (bicyclic) bond motifs is 1. The van der Waals surface area contributed by atoms with Crippen LogP contribution in [0.25, 0.3) is 10.8 Å². The summed E-state index contributed by atoms with van der Waals surface area (Å²) in [6, 6.07) is 14.1. The van der Waals surface area contributed by atoms with E-state index in [0.29, 0.717) is 13.2 Å². The molecule has 2 aromatic rings. The third-order valence-electron chi connectivity index (χ3n) is 4.24. The highest BCUT2D eigenvalue weighted by atomic mass is 16.7. The number of hydrogen-bond donors (Lipinski definition) is 1. The fourth-order valence-corrected chi connectivity index (χ4v) is 2.95. The van der Waals surface area contributed by atoms with Gasteiger partial charge in [0.2, 0.25) is 0 Å². The third kappa shape index (κ3) is 4.20. The summed E-state index contributed by atoms with van der Waals surface area (Å²) in [5.74, 6) is 0.825. The molecule has 1 aliphatic heterocycles. The number of hydrogen-bond acceptors (Lipinski definition) is 5. The van der Waals surface area contributed by atoms with Crippen LogP contribution in [0.2, 0.25) is 0 Å². The molecule has 1 atom stereocenters. The second-order valence-electron chi connectivity index (χ2n) is 5.85. The maximum atomic E-state index is 10.2. The van der Waals surface area contributed by atoms with E-state index in [2.05, 4.69) is 17.0 Å². The van der Waals surface area contributed by atoms with Crippen LogP contribution in [0.15, 0.2) is 42.5 Å². The van der Waals surface area contributed by atoms with E-state index in [4.69, 9.17) is 9.57 Å². The lowest BCUT2D eigenvalue weighted by molar-refractivity contribution is -0.153. The van der Waals surface area contributed by atoms with Crippen molar-refractivity contribution in [3.63, 3.8) is 0 Å². The van der Waals surface area contributed by atoms with Gasteiger partial charge >= 0.3 is 0 Å². The zero-order chi connectivity index (χ0) is 16.1. The lowest BCUT2D eigenvalue weighted by atomic mass is 10.1. The number of hydroxylamine groups is 2. The van der Waals surface area contributed by atoms with Gasteiger partial charge in [-0.2, -0.15) is 5.06 Å². The number of piperazine rings is 1. The Kier molecular flexibility index (Phi) is 5.46. The molecule has 0 aromatic heterocycles. The smallest absolute Gasteiger partial charge is 0.127 e. The van der Waals surface area contributed by atoms with Crippen LogP contribution in [-0.2, 0) is 4.84 Å². The van der Waals surface area contributed by atoms with E-state index in [-0.39, 0.29) is 0 Å². The van der Waals surface area contributed by atoms with Gasteiger partial charge in [0, 0.05) is 38.1 Å². The van der Waals surface area contributed by atoms with Crippen LogP contribution in [0.1, 0.15) is 0 Å². The van der Waals surface area contributed by atoms with E-state index in [1.807, 2.05) is 35.4 Å². The van der Waals surface area contributed by atoms with Crippen molar-refractivity contribution in [3.8, 4) is 5.75 Å². The lowest BCUT2D eigenvalue weighted by Gasteiger charge is -2.34. The highest BCUT2D eigenvalue weighted by molar-refractivity contribution is 5.88. The van der Waals surface area contributed by atoms with E-state index >= 15 is 0 Å². The van der Waals surface area contributed by atoms with Gasteiger partial charge in [-0.1, -0.05) is 36.4 Å². The maximum Gasteiger partial charge on any atom is 0.127 e. The topological polar surface area (TPSA) is 45.2 Å². The molecule has 1 N–H and O–H groups in total. The second kappa shape index (κ2) is 7.75. The first-order chi connectivity index (χ1) is 11.3. The van der Waals surface area contributed by atoms with Crippen molar-refractivity contribution in [2.45, 2.75) is 6.10 Å². The van der Waals surface area contributed by atoms with Crippen LogP contribution in [0.5, 0.6) is 5.75 Å². The SMILES string of the molecule is CON1CCN(CC(O)COc2cccc3ccccc23)CC1. The largest absolute Gasteiger partial charge is 0.490 e. The maximum absolute atomic E-state index is 10.2. The third-order valence-corrected chi connectivity index (χ3v) is 4.24. The Morgan fingerprint density at radius 1 is 1.04 bits per heavy atom. The van der Waals surface area contributed by atoms with Crippen LogP contribution >= 0.6 is 0 Å². The predicted molar refractivity (Wildman–Crippen MR) is 90.5 cm³/mol. The average Bonchev–Trinajstić information content (AvgIpc) is 2.60. The number of benzene rings is 2. The Bertz CT molecular complexity index is 621. The van der Waals surface area contributed by atoms with Gasteiger partial charge in [-0.3, -0.25) is 4.90 Å². The molecule has 5 heteroatoms. The van der Waals surface area contributed by atoms with E-state index in [1.165, 1.54) is 0 Å². The zero-order valence-electron chi connectivity index (χ0n) is 13.5. The van der Waals surface area contributed by atoms with E-state index < -0.39 is 6.10 Å². The molecule has 1 heterocycles. The van der Waals surface area contributed by atoms with Gasteiger partial charge in [-0.05, 0) is 11.5 Å². The van der Waals surface area contributed by atoms with Crippen LogP contribution in [0.4, 0.5) is 0 Å². The minimum absolute atomic E-state index is 0.304. The van der Waals surface area contributed by atoms with Gasteiger partial charge in [-0.25, -0.2) is 0 Å². The summed E-state index contributed by atoms with van der Waals surface area (Å²) in [7, 11) is 1.70. The summed E-state index contributed by atoms with van der Waals surface area (Å²) >= 11 is 0. The van der Waals surface area contributed by atoms with Crippen molar-refractivity contribution < 1.29 is 14.7 Å². The van der Waals surface area contributed by atoms with Crippen molar-refractivity contribution in [3.05, 3.63) is 42.5 Å². The predicted octanol–water partition coefficient (Wildman–Crippen LogP) is 1.76. The van der Waals surface area contributed by atoms with Crippen LogP contribution in [0, 0.1) is 0 Å². The van der Waals surface area contributed by atoms with E-state index in [0.717, 1.165) is 42.7 Å². The first kappa shape index (κ1) is 16.2. The minimum Gasteiger partial charge on any atom is -0.490 e. The van der Waals surface area contributed by atoms with Gasteiger partial charge < -0.3 is 14.7 Å². The van der Waals surface area contributed by atoms with E-state index in [9.17, 15) is 5.11 Å². The second-order valence-corrected chi connectivity index (χ2v) is 5.85. The molecule has 1 unspecified atom stereocenters. The number of aliphatic hydroxyl groups is 1.